The van der Waals surface area contributed by atoms with Gasteiger partial charge < -0.3 is 4.90 Å². The first-order chi connectivity index (χ1) is 20.7. The van der Waals surface area contributed by atoms with Gasteiger partial charge in [-0.3, -0.25) is 0 Å². The van der Waals surface area contributed by atoms with Crippen LogP contribution in [0.2, 0.25) is 0 Å². The van der Waals surface area contributed by atoms with Crippen LogP contribution in [-0.2, 0) is 17.4 Å². The van der Waals surface area contributed by atoms with Crippen molar-refractivity contribution in [2.24, 2.45) is 0 Å². The van der Waals surface area contributed by atoms with Crippen molar-refractivity contribution in [3.8, 4) is 11.1 Å². The zero-order valence-electron chi connectivity index (χ0n) is 24.1. The van der Waals surface area contributed by atoms with Crippen LogP contribution >= 0.6 is 0 Å². The van der Waals surface area contributed by atoms with Crippen LogP contribution in [0.1, 0.15) is 50.1 Å². The molecule has 2 atom stereocenters. The molecule has 6 aromatic carbocycles. The van der Waals surface area contributed by atoms with E-state index >= 15 is 0 Å². The molecule has 0 amide bonds. The van der Waals surface area contributed by atoms with E-state index in [1.807, 2.05) is 0 Å². The summed E-state index contributed by atoms with van der Waals surface area (Å²) >= 11 is 0. The number of hydrogen-bond acceptors (Lipinski definition) is 1. The average molecular weight is 540 g/mol. The highest BCUT2D eigenvalue weighted by Crippen LogP contribution is 2.65. The number of benzene rings is 6. The monoisotopic (exact) mass is 539 g/mol. The highest BCUT2D eigenvalue weighted by atomic mass is 15.0. The van der Waals surface area contributed by atoms with Gasteiger partial charge in [-0.2, -0.15) is 0 Å². The van der Waals surface area contributed by atoms with E-state index < -0.39 is 10.8 Å². The molecule has 42 heavy (non-hydrogen) atoms. The minimum absolute atomic E-state index is 0.403. The number of fused-ring (bicyclic) bond motifs is 5. The molecule has 1 nitrogen and oxygen atoms in total. The van der Waals surface area contributed by atoms with Gasteiger partial charge in [0.05, 0.1) is 10.8 Å². The van der Waals surface area contributed by atoms with E-state index in [4.69, 9.17) is 0 Å². The number of rotatable bonds is 5. The SMILES string of the molecule is CN(C)Cc1cccc(C2(c3ccccc3)c3ccccc3C3(c4ccccc4)c4ccccc4-c4cccc2c43)c1. The molecule has 6 aromatic rings. The van der Waals surface area contributed by atoms with E-state index in [0.717, 1.165) is 6.54 Å². The third kappa shape index (κ3) is 3.23. The molecule has 1 heteroatoms. The lowest BCUT2D eigenvalue weighted by Gasteiger charge is -2.49. The lowest BCUT2D eigenvalue weighted by molar-refractivity contribution is 0.402. The molecule has 0 N–H and O–H groups in total. The summed E-state index contributed by atoms with van der Waals surface area (Å²) < 4.78 is 0. The maximum atomic E-state index is 2.45. The molecule has 2 aliphatic carbocycles. The topological polar surface area (TPSA) is 3.24 Å². The van der Waals surface area contributed by atoms with Crippen molar-refractivity contribution >= 4 is 0 Å². The van der Waals surface area contributed by atoms with Crippen LogP contribution in [0.15, 0.2) is 152 Å². The summed E-state index contributed by atoms with van der Waals surface area (Å²) in [6, 6.07) is 57.0. The van der Waals surface area contributed by atoms with Crippen molar-refractivity contribution in [2.75, 3.05) is 14.1 Å². The normalized spacial score (nSPS) is 19.7. The Balaban J connectivity index is 1.59. The summed E-state index contributed by atoms with van der Waals surface area (Å²) in [5.41, 5.74) is 13.9. The van der Waals surface area contributed by atoms with Crippen LogP contribution in [0.5, 0.6) is 0 Å². The van der Waals surface area contributed by atoms with Crippen molar-refractivity contribution < 1.29 is 0 Å². The van der Waals surface area contributed by atoms with Crippen LogP contribution in [0.25, 0.3) is 11.1 Å². The fourth-order valence-electron chi connectivity index (χ4n) is 8.12. The third-order valence-electron chi connectivity index (χ3n) is 9.47. The van der Waals surface area contributed by atoms with Gasteiger partial charge in [-0.25, -0.2) is 0 Å². The van der Waals surface area contributed by atoms with E-state index in [1.54, 1.807) is 0 Å². The molecule has 2 aliphatic rings. The summed E-state index contributed by atoms with van der Waals surface area (Å²) in [5.74, 6) is 0. The molecule has 0 saturated heterocycles. The van der Waals surface area contributed by atoms with E-state index in [1.165, 1.54) is 61.2 Å². The predicted octanol–water partition coefficient (Wildman–Crippen LogP) is 8.81. The minimum Gasteiger partial charge on any atom is -0.305 e. The zero-order valence-corrected chi connectivity index (χ0v) is 24.1. The molecule has 0 fully saturated rings. The van der Waals surface area contributed by atoms with Crippen LogP contribution in [-0.4, -0.2) is 19.0 Å². The van der Waals surface area contributed by atoms with Crippen molar-refractivity contribution in [1.29, 1.82) is 0 Å². The van der Waals surface area contributed by atoms with E-state index in [2.05, 4.69) is 171 Å². The van der Waals surface area contributed by atoms with E-state index in [0.29, 0.717) is 0 Å². The molecular formula is C41H33N. The molecule has 0 aliphatic heterocycles. The van der Waals surface area contributed by atoms with Gasteiger partial charge in [0, 0.05) is 6.54 Å². The largest absolute Gasteiger partial charge is 0.305 e. The van der Waals surface area contributed by atoms with Gasteiger partial charge in [-0.15, -0.1) is 0 Å². The fourth-order valence-corrected chi connectivity index (χ4v) is 8.12. The highest BCUT2D eigenvalue weighted by molar-refractivity contribution is 5.91. The fraction of sp³-hybridized carbons (Fsp3) is 0.122. The van der Waals surface area contributed by atoms with Gasteiger partial charge in [-0.05, 0) is 75.3 Å². The molecule has 2 unspecified atom stereocenters. The van der Waals surface area contributed by atoms with Crippen molar-refractivity contribution in [3.05, 3.63) is 202 Å². The Bertz CT molecular complexity index is 1940. The molecule has 0 saturated carbocycles. The summed E-state index contributed by atoms with van der Waals surface area (Å²) in [5, 5.41) is 0. The maximum absolute atomic E-state index is 2.45. The van der Waals surface area contributed by atoms with Gasteiger partial charge in [0.1, 0.15) is 0 Å². The second-order valence-electron chi connectivity index (χ2n) is 12.0. The lowest BCUT2D eigenvalue weighted by Crippen LogP contribution is -2.44. The molecule has 0 bridgehead atoms. The van der Waals surface area contributed by atoms with Crippen LogP contribution < -0.4 is 0 Å². The minimum atomic E-state index is -0.480. The Morgan fingerprint density at radius 3 is 1.62 bits per heavy atom. The van der Waals surface area contributed by atoms with Gasteiger partial charge in [-0.1, -0.05) is 152 Å². The quantitative estimate of drug-likeness (QED) is 0.211. The standard InChI is InChI=1S/C41H33N/c1-42(2)28-29-15-13-20-32(27-29)40(30-16-5-3-6-17-30)36-24-11-12-25-37(36)41(31-18-7-4-8-19-31)35-23-10-9-21-33(35)34-22-14-26-38(40)39(34)41/h3-27H,28H2,1-2H3. The van der Waals surface area contributed by atoms with Gasteiger partial charge >= 0.3 is 0 Å². The average Bonchev–Trinajstić information content (AvgIpc) is 3.35. The molecule has 0 spiro atoms. The first-order valence-electron chi connectivity index (χ1n) is 14.9. The second kappa shape index (κ2) is 9.41. The first-order valence-corrected chi connectivity index (χ1v) is 14.9. The number of nitrogens with zero attached hydrogens (tertiary/aromatic N) is 1. The molecule has 0 heterocycles. The second-order valence-corrected chi connectivity index (χ2v) is 12.0. The van der Waals surface area contributed by atoms with E-state index in [-0.39, 0.29) is 0 Å². The molecule has 0 aromatic heterocycles. The Morgan fingerprint density at radius 1 is 0.429 bits per heavy atom. The zero-order chi connectivity index (χ0) is 28.3. The Hall–Kier alpha value is -4.72. The summed E-state index contributed by atoms with van der Waals surface area (Å²) in [6.45, 7) is 0.895. The first kappa shape index (κ1) is 25.0. The molecule has 202 valence electrons. The van der Waals surface area contributed by atoms with E-state index in [9.17, 15) is 0 Å². The summed E-state index contributed by atoms with van der Waals surface area (Å²) in [7, 11) is 4.29. The Labute approximate surface area is 248 Å². The smallest absolute Gasteiger partial charge is 0.0720 e. The van der Waals surface area contributed by atoms with Gasteiger partial charge in [0.2, 0.25) is 0 Å². The van der Waals surface area contributed by atoms with Gasteiger partial charge in [0.25, 0.3) is 0 Å². The van der Waals surface area contributed by atoms with Crippen LogP contribution in [0.3, 0.4) is 0 Å². The molecular weight excluding hydrogens is 506 g/mol. The maximum Gasteiger partial charge on any atom is 0.0720 e. The van der Waals surface area contributed by atoms with Crippen LogP contribution in [0.4, 0.5) is 0 Å². The summed E-state index contributed by atoms with van der Waals surface area (Å²) in [6.07, 6.45) is 0. The van der Waals surface area contributed by atoms with Crippen molar-refractivity contribution in [2.45, 2.75) is 17.4 Å². The van der Waals surface area contributed by atoms with Crippen molar-refractivity contribution in [3.63, 3.8) is 0 Å². The summed E-state index contributed by atoms with van der Waals surface area (Å²) in [4.78, 5) is 2.25. The Morgan fingerprint density at radius 2 is 0.929 bits per heavy atom. The van der Waals surface area contributed by atoms with Gasteiger partial charge in [0.15, 0.2) is 0 Å². The molecule has 0 radical (unpaired) electrons. The Kier molecular flexibility index (Phi) is 5.61. The van der Waals surface area contributed by atoms with Crippen molar-refractivity contribution in [1.82, 2.24) is 4.90 Å². The van der Waals surface area contributed by atoms with Crippen LogP contribution in [0, 0.1) is 0 Å². The molecule has 8 rings (SSSR count). The highest BCUT2D eigenvalue weighted by Gasteiger charge is 2.57. The predicted molar refractivity (Wildman–Crippen MR) is 173 cm³/mol. The third-order valence-corrected chi connectivity index (χ3v) is 9.47. The number of hydrogen-bond donors (Lipinski definition) is 0. The lowest BCUT2D eigenvalue weighted by atomic mass is 9.51.